The molecule has 0 aromatic heterocycles. The summed E-state index contributed by atoms with van der Waals surface area (Å²) in [7, 11) is 0. The third-order valence-electron chi connectivity index (χ3n) is 6.16. The Morgan fingerprint density at radius 3 is 2.67 bits per heavy atom. The van der Waals surface area contributed by atoms with Crippen molar-refractivity contribution in [3.63, 3.8) is 0 Å². The van der Waals surface area contributed by atoms with Crippen LogP contribution in [-0.2, 0) is 16.0 Å². The lowest BCUT2D eigenvalue weighted by Crippen LogP contribution is -2.34. The van der Waals surface area contributed by atoms with Crippen molar-refractivity contribution in [1.29, 1.82) is 0 Å². The Morgan fingerprint density at radius 1 is 1.06 bits per heavy atom. The molecule has 5 rings (SSSR count). The summed E-state index contributed by atoms with van der Waals surface area (Å²) in [5.74, 6) is 1.17. The number of hydrogen-bond donors (Lipinski definition) is 1. The van der Waals surface area contributed by atoms with Crippen LogP contribution >= 0.6 is 0 Å². The summed E-state index contributed by atoms with van der Waals surface area (Å²) in [6.45, 7) is 5.88. The Morgan fingerprint density at radius 2 is 1.85 bits per heavy atom. The van der Waals surface area contributed by atoms with Gasteiger partial charge in [-0.15, -0.1) is 0 Å². The summed E-state index contributed by atoms with van der Waals surface area (Å²) in [4.78, 5) is 25.8. The number of fused-ring (bicyclic) bond motifs is 2. The van der Waals surface area contributed by atoms with Crippen molar-refractivity contribution in [3.05, 3.63) is 58.7 Å². The minimum atomic E-state index is -0.194. The highest BCUT2D eigenvalue weighted by molar-refractivity contribution is 6.46. The lowest BCUT2D eigenvalue weighted by atomic mass is 9.95. The molecule has 2 aromatic rings. The standard InChI is InChI=1S/C26H27N3O4/c1-16-4-5-17(2)22(12-16)29-26(31)7-6-20(28-29)23(30)15-21-19-14-25-24(32-10-3-11-33-25)13-18(19)8-9-27-21/h4-5,12-15,27H,3,6-11H2,1-2H3. The number of ketones is 1. The van der Waals surface area contributed by atoms with Gasteiger partial charge in [-0.1, -0.05) is 12.1 Å². The molecule has 0 radical (unpaired) electrons. The quantitative estimate of drug-likeness (QED) is 0.729. The fourth-order valence-electron chi connectivity index (χ4n) is 4.34. The number of carbonyl (C=O) groups excluding carboxylic acids is 2. The lowest BCUT2D eigenvalue weighted by Gasteiger charge is -2.25. The maximum atomic E-state index is 13.2. The van der Waals surface area contributed by atoms with E-state index in [-0.39, 0.29) is 18.1 Å². The van der Waals surface area contributed by atoms with Gasteiger partial charge in [0, 0.05) is 43.1 Å². The monoisotopic (exact) mass is 445 g/mol. The zero-order valence-electron chi connectivity index (χ0n) is 18.9. The second-order valence-electron chi connectivity index (χ2n) is 8.65. The van der Waals surface area contributed by atoms with Crippen LogP contribution in [0.5, 0.6) is 11.5 Å². The Hall–Kier alpha value is -3.61. The van der Waals surface area contributed by atoms with Crippen molar-refractivity contribution in [3.8, 4) is 11.5 Å². The highest BCUT2D eigenvalue weighted by atomic mass is 16.5. The van der Waals surface area contributed by atoms with E-state index in [2.05, 4.69) is 10.4 Å². The second kappa shape index (κ2) is 8.73. The van der Waals surface area contributed by atoms with Crippen LogP contribution in [0.1, 0.15) is 41.5 Å². The molecule has 3 aliphatic rings. The van der Waals surface area contributed by atoms with E-state index in [9.17, 15) is 9.59 Å². The molecule has 0 aliphatic carbocycles. The number of nitrogens with zero attached hydrogens (tertiary/aromatic N) is 2. The van der Waals surface area contributed by atoms with E-state index in [4.69, 9.17) is 9.47 Å². The first-order chi connectivity index (χ1) is 16.0. The molecule has 0 bridgehead atoms. The number of rotatable bonds is 3. The maximum Gasteiger partial charge on any atom is 0.247 e. The van der Waals surface area contributed by atoms with Gasteiger partial charge in [0.15, 0.2) is 11.5 Å². The van der Waals surface area contributed by atoms with Crippen LogP contribution in [0, 0.1) is 13.8 Å². The summed E-state index contributed by atoms with van der Waals surface area (Å²) in [6.07, 6.45) is 3.86. The number of aryl methyl sites for hydroxylation is 2. The minimum absolute atomic E-state index is 0.103. The normalized spacial score (nSPS) is 18.8. The van der Waals surface area contributed by atoms with Crippen molar-refractivity contribution in [1.82, 2.24) is 5.32 Å². The molecule has 0 atom stereocenters. The number of hydrazone groups is 1. The fourth-order valence-corrected chi connectivity index (χ4v) is 4.34. The van der Waals surface area contributed by atoms with E-state index < -0.39 is 0 Å². The van der Waals surface area contributed by atoms with E-state index >= 15 is 0 Å². The molecule has 0 saturated heterocycles. The van der Waals surface area contributed by atoms with Crippen LogP contribution in [0.3, 0.4) is 0 Å². The number of nitrogens with one attached hydrogen (secondary N) is 1. The van der Waals surface area contributed by atoms with E-state index in [1.54, 1.807) is 6.08 Å². The van der Waals surface area contributed by atoms with Crippen molar-refractivity contribution in [2.75, 3.05) is 24.8 Å². The van der Waals surface area contributed by atoms with Crippen LogP contribution in [-0.4, -0.2) is 37.2 Å². The molecule has 170 valence electrons. The summed E-state index contributed by atoms with van der Waals surface area (Å²) < 4.78 is 11.7. The largest absolute Gasteiger partial charge is 0.490 e. The zero-order valence-corrected chi connectivity index (χ0v) is 18.9. The molecule has 3 heterocycles. The summed E-state index contributed by atoms with van der Waals surface area (Å²) >= 11 is 0. The Kier molecular flexibility index (Phi) is 5.62. The molecule has 1 N–H and O–H groups in total. The molecule has 3 aliphatic heterocycles. The van der Waals surface area contributed by atoms with Crippen molar-refractivity contribution >= 4 is 28.8 Å². The molecular formula is C26H27N3O4. The first-order valence-corrected chi connectivity index (χ1v) is 11.4. The van der Waals surface area contributed by atoms with Gasteiger partial charge in [-0.3, -0.25) is 9.59 Å². The number of ether oxygens (including phenoxy) is 2. The molecule has 1 amide bonds. The van der Waals surface area contributed by atoms with E-state index in [0.29, 0.717) is 31.1 Å². The van der Waals surface area contributed by atoms with E-state index in [1.807, 2.05) is 44.2 Å². The van der Waals surface area contributed by atoms with E-state index in [0.717, 1.165) is 58.8 Å². The fraction of sp³-hybridized carbons (Fsp3) is 0.346. The van der Waals surface area contributed by atoms with Crippen LogP contribution in [0.2, 0.25) is 0 Å². The third-order valence-corrected chi connectivity index (χ3v) is 6.16. The first-order valence-electron chi connectivity index (χ1n) is 11.4. The van der Waals surface area contributed by atoms with Gasteiger partial charge in [0.25, 0.3) is 0 Å². The number of allylic oxidation sites excluding steroid dienone is 1. The van der Waals surface area contributed by atoms with E-state index in [1.165, 1.54) is 5.01 Å². The van der Waals surface area contributed by atoms with Gasteiger partial charge in [-0.2, -0.15) is 5.10 Å². The number of benzene rings is 2. The van der Waals surface area contributed by atoms with Gasteiger partial charge in [0.05, 0.1) is 18.9 Å². The molecule has 7 heteroatoms. The molecule has 7 nitrogen and oxygen atoms in total. The number of carbonyl (C=O) groups is 2. The van der Waals surface area contributed by atoms with Crippen molar-refractivity contribution in [2.45, 2.75) is 39.5 Å². The van der Waals surface area contributed by atoms with Crippen LogP contribution in [0.4, 0.5) is 5.69 Å². The zero-order chi connectivity index (χ0) is 22.9. The SMILES string of the molecule is Cc1ccc(C)c(N2N=C(C(=O)C=C3NCCc4cc5c(cc43)OCCCO5)CCC2=O)c1. The summed E-state index contributed by atoms with van der Waals surface area (Å²) in [5, 5.41) is 9.20. The van der Waals surface area contributed by atoms with Gasteiger partial charge in [-0.25, -0.2) is 5.01 Å². The Labute approximate surface area is 193 Å². The van der Waals surface area contributed by atoms with Crippen molar-refractivity contribution in [2.24, 2.45) is 5.10 Å². The van der Waals surface area contributed by atoms with Gasteiger partial charge in [-0.05, 0) is 55.2 Å². The highest BCUT2D eigenvalue weighted by Crippen LogP contribution is 2.36. The first kappa shape index (κ1) is 21.2. The second-order valence-corrected chi connectivity index (χ2v) is 8.65. The number of hydrogen-bond acceptors (Lipinski definition) is 6. The Balaban J connectivity index is 1.47. The molecule has 0 unspecified atom stereocenters. The third kappa shape index (κ3) is 4.23. The average molecular weight is 446 g/mol. The molecular weight excluding hydrogens is 418 g/mol. The summed E-state index contributed by atoms with van der Waals surface area (Å²) in [5.41, 5.74) is 5.88. The maximum absolute atomic E-state index is 13.2. The molecule has 0 saturated carbocycles. The average Bonchev–Trinajstić information content (AvgIpc) is 3.05. The Bertz CT molecular complexity index is 1200. The van der Waals surface area contributed by atoms with Gasteiger partial charge in [0.1, 0.15) is 5.71 Å². The van der Waals surface area contributed by atoms with Crippen LogP contribution in [0.15, 0.2) is 41.5 Å². The van der Waals surface area contributed by atoms with Crippen LogP contribution < -0.4 is 19.8 Å². The van der Waals surface area contributed by atoms with Gasteiger partial charge < -0.3 is 14.8 Å². The number of anilines is 1. The predicted molar refractivity (Wildman–Crippen MR) is 127 cm³/mol. The summed E-state index contributed by atoms with van der Waals surface area (Å²) in [6, 6.07) is 9.86. The topological polar surface area (TPSA) is 80.2 Å². The highest BCUT2D eigenvalue weighted by Gasteiger charge is 2.27. The minimum Gasteiger partial charge on any atom is -0.490 e. The molecule has 33 heavy (non-hydrogen) atoms. The molecule has 0 fully saturated rings. The van der Waals surface area contributed by atoms with Gasteiger partial charge in [0.2, 0.25) is 11.7 Å². The number of amides is 1. The van der Waals surface area contributed by atoms with Crippen molar-refractivity contribution < 1.29 is 19.1 Å². The molecule has 2 aromatic carbocycles. The lowest BCUT2D eigenvalue weighted by molar-refractivity contribution is -0.118. The molecule has 0 spiro atoms. The predicted octanol–water partition coefficient (Wildman–Crippen LogP) is 3.70. The van der Waals surface area contributed by atoms with Crippen LogP contribution in [0.25, 0.3) is 5.70 Å². The smallest absolute Gasteiger partial charge is 0.247 e. The van der Waals surface area contributed by atoms with Gasteiger partial charge >= 0.3 is 0 Å².